The molecule has 0 unspecified atom stereocenters. The minimum absolute atomic E-state index is 1.37. The maximum atomic E-state index is 2.32. The highest BCUT2D eigenvalue weighted by molar-refractivity contribution is 7.99. The van der Waals surface area contributed by atoms with E-state index in [2.05, 4.69) is 37.4 Å². The molecule has 92 heavy (non-hydrogen) atoms. The third kappa shape index (κ3) is 90.7. The highest BCUT2D eigenvalue weighted by atomic mass is 32.2. The summed E-state index contributed by atoms with van der Waals surface area (Å²) in [6.07, 6.45) is 125. The van der Waals surface area contributed by atoms with Gasteiger partial charge in [-0.15, -0.1) is 0 Å². The summed E-state index contributed by atoms with van der Waals surface area (Å²) in [5, 5.41) is 0. The lowest BCUT2D eigenvalue weighted by molar-refractivity contribution is 0.507. The molecule has 0 amide bonds. The smallest absolute Gasteiger partial charge is 0.00675 e. The first-order valence-corrected chi connectivity index (χ1v) is 47.4. The zero-order valence-corrected chi connectivity index (χ0v) is 66.7. The molecule has 0 aliphatic heterocycles. The van der Waals surface area contributed by atoms with Crippen LogP contribution in [0.1, 0.15) is 553 Å². The molecule has 0 N–H and O–H groups in total. The molecule has 0 fully saturated rings. The van der Waals surface area contributed by atoms with Crippen molar-refractivity contribution in [2.75, 3.05) is 23.0 Å². The zero-order valence-electron chi connectivity index (χ0n) is 65.0. The molecule has 0 atom stereocenters. The first kappa shape index (κ1) is 92.7. The van der Waals surface area contributed by atoms with Gasteiger partial charge in [-0.1, -0.05) is 528 Å². The van der Waals surface area contributed by atoms with Crippen molar-refractivity contribution in [2.45, 2.75) is 553 Å². The Bertz CT molecular complexity index is 1090. The maximum Gasteiger partial charge on any atom is -0.00675 e. The summed E-state index contributed by atoms with van der Waals surface area (Å²) in [6, 6.07) is 0. The van der Waals surface area contributed by atoms with Crippen molar-refractivity contribution < 1.29 is 0 Å². The molecule has 0 saturated heterocycles. The summed E-state index contributed by atoms with van der Waals surface area (Å²) in [5.41, 5.74) is 0. The maximum absolute atomic E-state index is 2.32. The van der Waals surface area contributed by atoms with E-state index >= 15 is 0 Å². The van der Waals surface area contributed by atoms with E-state index in [0.717, 1.165) is 0 Å². The molecule has 0 spiro atoms. The molecule has 0 aromatic carbocycles. The van der Waals surface area contributed by atoms with E-state index in [1.807, 2.05) is 0 Å². The molecule has 0 aromatic heterocycles. The molecular formula is C90H182S2. The van der Waals surface area contributed by atoms with Crippen molar-refractivity contribution >= 4 is 23.5 Å². The Balaban J connectivity index is 3.09. The molecule has 0 aliphatic carbocycles. The summed E-state index contributed by atoms with van der Waals surface area (Å²) in [6.45, 7) is 4.63. The standard InChI is InChI=1S/C90H182S2/c1-3-5-7-9-11-13-15-17-19-59-63-67-71-75-79-83-87-91-89-85-81-77-73-69-65-61-57-55-53-51-49-47-45-43-41-39-37-35-33-31-29-27-25-23-21-22-24-26-28-30-32-34-36-38-40-42-44-46-48-50-52-54-56-58-62-66-70-74-78-82-86-90-92-88-84-80-76-72-68-64-60-20-18-16-14-12-10-8-6-4-2/h3-90H2,1-2H3. The molecule has 0 radical (unpaired) electrons. The minimum atomic E-state index is 1.37. The Kier molecular flexibility index (Phi) is 92.4. The summed E-state index contributed by atoms with van der Waals surface area (Å²) < 4.78 is 0. The van der Waals surface area contributed by atoms with E-state index in [4.69, 9.17) is 0 Å². The van der Waals surface area contributed by atoms with Crippen LogP contribution in [0.3, 0.4) is 0 Å². The summed E-state index contributed by atoms with van der Waals surface area (Å²) >= 11 is 4.48. The van der Waals surface area contributed by atoms with Crippen LogP contribution in [0.25, 0.3) is 0 Å². The molecule has 2 heteroatoms. The quantitative estimate of drug-likeness (QED) is 0.0557. The van der Waals surface area contributed by atoms with Gasteiger partial charge in [-0.2, -0.15) is 23.5 Å². The van der Waals surface area contributed by atoms with Crippen LogP contribution in [0, 0.1) is 0 Å². The van der Waals surface area contributed by atoms with Crippen molar-refractivity contribution in [3.8, 4) is 0 Å². The SMILES string of the molecule is CCCCCCCCCCCCCCCCCCSCCCCCCCCCCCCCCCCCCCCCCCCCCCCCCCCCCCCCCCCCCCCCCCCCCCCCCSCCCCCCCCCCCCCCCCCC. The van der Waals surface area contributed by atoms with E-state index in [0.29, 0.717) is 0 Å². The van der Waals surface area contributed by atoms with Gasteiger partial charge in [-0.25, -0.2) is 0 Å². The fourth-order valence-electron chi connectivity index (χ4n) is 15.0. The van der Waals surface area contributed by atoms with E-state index in [1.54, 1.807) is 0 Å². The van der Waals surface area contributed by atoms with Crippen LogP contribution in [0.15, 0.2) is 0 Å². The average molecular weight is 1330 g/mol. The molecule has 0 heterocycles. The molecule has 0 aliphatic rings. The normalized spacial score (nSPS) is 11.8. The van der Waals surface area contributed by atoms with Crippen LogP contribution < -0.4 is 0 Å². The predicted octanol–water partition coefficient (Wildman–Crippen LogP) is 35.3. The van der Waals surface area contributed by atoms with Gasteiger partial charge < -0.3 is 0 Å². The molecule has 0 saturated carbocycles. The van der Waals surface area contributed by atoms with Crippen molar-refractivity contribution in [3.63, 3.8) is 0 Å². The van der Waals surface area contributed by atoms with E-state index < -0.39 is 0 Å². The largest absolute Gasteiger partial charge is 0.162 e. The van der Waals surface area contributed by atoms with Gasteiger partial charge in [0.25, 0.3) is 0 Å². The second kappa shape index (κ2) is 91.7. The van der Waals surface area contributed by atoms with Crippen LogP contribution in [0.4, 0.5) is 0 Å². The Morgan fingerprint density at radius 2 is 0.152 bits per heavy atom. The first-order valence-electron chi connectivity index (χ1n) is 45.1. The summed E-state index contributed by atoms with van der Waals surface area (Å²) in [5.74, 6) is 5.66. The highest BCUT2D eigenvalue weighted by Crippen LogP contribution is 2.23. The van der Waals surface area contributed by atoms with E-state index in [9.17, 15) is 0 Å². The lowest BCUT2D eigenvalue weighted by Crippen LogP contribution is -1.87. The van der Waals surface area contributed by atoms with Crippen molar-refractivity contribution in [1.29, 1.82) is 0 Å². The van der Waals surface area contributed by atoms with Crippen LogP contribution in [-0.2, 0) is 0 Å². The third-order valence-corrected chi connectivity index (χ3v) is 23.9. The predicted molar refractivity (Wildman–Crippen MR) is 434 cm³/mol. The Hall–Kier alpha value is 0.700. The topological polar surface area (TPSA) is 0 Å². The van der Waals surface area contributed by atoms with Gasteiger partial charge in [0.2, 0.25) is 0 Å². The van der Waals surface area contributed by atoms with Crippen molar-refractivity contribution in [1.82, 2.24) is 0 Å². The fraction of sp³-hybridized carbons (Fsp3) is 1.00. The van der Waals surface area contributed by atoms with Crippen LogP contribution in [0.5, 0.6) is 0 Å². The molecule has 554 valence electrons. The van der Waals surface area contributed by atoms with E-state index in [1.165, 1.54) is 562 Å². The summed E-state index contributed by atoms with van der Waals surface area (Å²) in [4.78, 5) is 0. The number of rotatable bonds is 89. The van der Waals surface area contributed by atoms with Gasteiger partial charge in [0, 0.05) is 0 Å². The number of hydrogen-bond donors (Lipinski definition) is 0. The fourth-order valence-corrected chi connectivity index (χ4v) is 17.0. The monoisotopic (exact) mass is 1330 g/mol. The highest BCUT2D eigenvalue weighted by Gasteiger charge is 2.03. The number of thioether (sulfide) groups is 2. The van der Waals surface area contributed by atoms with Crippen LogP contribution in [-0.4, -0.2) is 23.0 Å². The molecular weight excluding hydrogens is 1150 g/mol. The molecule has 0 rings (SSSR count). The Morgan fingerprint density at radius 3 is 0.228 bits per heavy atom. The van der Waals surface area contributed by atoms with Crippen LogP contribution in [0.2, 0.25) is 0 Å². The second-order valence-electron chi connectivity index (χ2n) is 31.2. The second-order valence-corrected chi connectivity index (χ2v) is 33.7. The van der Waals surface area contributed by atoms with Gasteiger partial charge in [-0.3, -0.25) is 0 Å². The first-order chi connectivity index (χ1) is 45.9. The average Bonchev–Trinajstić information content (AvgIpc) is 3.57. The minimum Gasteiger partial charge on any atom is -0.162 e. The van der Waals surface area contributed by atoms with Crippen molar-refractivity contribution in [2.24, 2.45) is 0 Å². The third-order valence-electron chi connectivity index (χ3n) is 21.6. The van der Waals surface area contributed by atoms with Gasteiger partial charge in [0.05, 0.1) is 0 Å². The molecule has 0 nitrogen and oxygen atoms in total. The van der Waals surface area contributed by atoms with Crippen LogP contribution >= 0.6 is 23.5 Å². The van der Waals surface area contributed by atoms with Gasteiger partial charge >= 0.3 is 0 Å². The zero-order chi connectivity index (χ0) is 65.6. The van der Waals surface area contributed by atoms with E-state index in [-0.39, 0.29) is 0 Å². The number of unbranched alkanes of at least 4 members (excludes halogenated alkanes) is 81. The lowest BCUT2D eigenvalue weighted by Gasteiger charge is -2.05. The molecule has 0 aromatic rings. The lowest BCUT2D eigenvalue weighted by atomic mass is 10.0. The Morgan fingerprint density at radius 1 is 0.0870 bits per heavy atom. The van der Waals surface area contributed by atoms with Gasteiger partial charge in [0.1, 0.15) is 0 Å². The van der Waals surface area contributed by atoms with Gasteiger partial charge in [0.15, 0.2) is 0 Å². The Labute approximate surface area is 595 Å². The summed E-state index contributed by atoms with van der Waals surface area (Å²) in [7, 11) is 0. The van der Waals surface area contributed by atoms with Gasteiger partial charge in [-0.05, 0) is 48.7 Å². The van der Waals surface area contributed by atoms with Crippen molar-refractivity contribution in [3.05, 3.63) is 0 Å². The molecule has 0 bridgehead atoms. The number of hydrogen-bond acceptors (Lipinski definition) is 2.